The first-order valence-corrected chi connectivity index (χ1v) is 10.7. The van der Waals surface area contributed by atoms with Gasteiger partial charge in [0.1, 0.15) is 0 Å². The van der Waals surface area contributed by atoms with E-state index < -0.39 is 0 Å². The summed E-state index contributed by atoms with van der Waals surface area (Å²) in [4.78, 5) is 15.7. The molecule has 0 aliphatic carbocycles. The van der Waals surface area contributed by atoms with Gasteiger partial charge in [-0.2, -0.15) is 20.1 Å². The van der Waals surface area contributed by atoms with Crippen LogP contribution in [0.3, 0.4) is 0 Å². The second kappa shape index (κ2) is 9.81. The highest BCUT2D eigenvalue weighted by Gasteiger charge is 2.16. The Bertz CT molecular complexity index is 1020. The van der Waals surface area contributed by atoms with Gasteiger partial charge in [0.2, 0.25) is 17.8 Å². The van der Waals surface area contributed by atoms with Crippen molar-refractivity contribution in [3.05, 3.63) is 63.2 Å². The zero-order valence-corrected chi connectivity index (χ0v) is 18.7. The number of hydrazone groups is 1. The lowest BCUT2D eigenvalue weighted by Gasteiger charge is -2.27. The number of hydrogen-bond acceptors (Lipinski definition) is 8. The number of benzene rings is 2. The number of nitrogens with zero attached hydrogens (tertiary/aromatic N) is 5. The van der Waals surface area contributed by atoms with Gasteiger partial charge in [0.25, 0.3) is 0 Å². The molecule has 3 aromatic rings. The van der Waals surface area contributed by atoms with E-state index in [0.717, 1.165) is 27.9 Å². The van der Waals surface area contributed by atoms with Crippen LogP contribution in [0.1, 0.15) is 11.1 Å². The number of rotatable bonds is 6. The Balaban J connectivity index is 1.57. The molecule has 2 heterocycles. The second-order valence-corrected chi connectivity index (χ2v) is 7.93. The minimum absolute atomic E-state index is 0.378. The van der Waals surface area contributed by atoms with Crippen LogP contribution in [-0.4, -0.2) is 47.5 Å². The number of aromatic nitrogens is 3. The fourth-order valence-electron chi connectivity index (χ4n) is 2.88. The van der Waals surface area contributed by atoms with Gasteiger partial charge in [-0.1, -0.05) is 35.9 Å². The fourth-order valence-corrected chi connectivity index (χ4v) is 3.41. The largest absolute Gasteiger partial charge is 0.378 e. The molecule has 2 aromatic carbocycles. The van der Waals surface area contributed by atoms with Gasteiger partial charge in [-0.25, -0.2) is 5.43 Å². The van der Waals surface area contributed by atoms with Crippen LogP contribution in [0.25, 0.3) is 0 Å². The third-order valence-corrected chi connectivity index (χ3v) is 5.48. The SMILES string of the molecule is Cc1ccc(Nc2nc(NN=Cc3ccccc3I)nc(N3CCOCC3)n2)cc1. The highest BCUT2D eigenvalue weighted by molar-refractivity contribution is 14.1. The molecule has 1 aliphatic rings. The fraction of sp³-hybridized carbons (Fsp3) is 0.238. The summed E-state index contributed by atoms with van der Waals surface area (Å²) < 4.78 is 6.56. The van der Waals surface area contributed by atoms with Crippen LogP contribution in [0.4, 0.5) is 23.5 Å². The van der Waals surface area contributed by atoms with Gasteiger partial charge in [0.05, 0.1) is 19.4 Å². The molecule has 0 saturated carbocycles. The van der Waals surface area contributed by atoms with Gasteiger partial charge >= 0.3 is 0 Å². The van der Waals surface area contributed by atoms with Crippen LogP contribution in [-0.2, 0) is 4.74 Å². The molecule has 0 spiro atoms. The third kappa shape index (κ3) is 5.42. The van der Waals surface area contributed by atoms with Crippen LogP contribution in [0.5, 0.6) is 0 Å². The summed E-state index contributed by atoms with van der Waals surface area (Å²) in [5, 5.41) is 7.57. The van der Waals surface area contributed by atoms with Crippen LogP contribution >= 0.6 is 22.6 Å². The number of morpholine rings is 1. The molecule has 154 valence electrons. The van der Waals surface area contributed by atoms with Gasteiger partial charge in [-0.15, -0.1) is 0 Å². The van der Waals surface area contributed by atoms with Gasteiger partial charge in [-0.05, 0) is 47.7 Å². The van der Waals surface area contributed by atoms with E-state index in [-0.39, 0.29) is 0 Å². The number of aryl methyl sites for hydroxylation is 1. The summed E-state index contributed by atoms with van der Waals surface area (Å²) in [6.07, 6.45) is 1.76. The molecule has 1 fully saturated rings. The quantitative estimate of drug-likeness (QED) is 0.293. The summed E-state index contributed by atoms with van der Waals surface area (Å²) in [6.45, 7) is 4.83. The molecular weight excluding hydrogens is 493 g/mol. The van der Waals surface area contributed by atoms with Crippen molar-refractivity contribution < 1.29 is 4.74 Å². The first-order valence-electron chi connectivity index (χ1n) is 9.63. The summed E-state index contributed by atoms with van der Waals surface area (Å²) in [5.41, 5.74) is 6.06. The molecule has 0 bridgehead atoms. The molecule has 8 nitrogen and oxygen atoms in total. The van der Waals surface area contributed by atoms with E-state index in [1.165, 1.54) is 5.56 Å². The van der Waals surface area contributed by atoms with E-state index in [9.17, 15) is 0 Å². The molecule has 4 rings (SSSR count). The normalized spacial score (nSPS) is 14.1. The van der Waals surface area contributed by atoms with Crippen molar-refractivity contribution in [2.45, 2.75) is 6.92 Å². The van der Waals surface area contributed by atoms with Crippen molar-refractivity contribution in [2.75, 3.05) is 41.9 Å². The van der Waals surface area contributed by atoms with Crippen molar-refractivity contribution in [1.82, 2.24) is 15.0 Å². The molecule has 1 aliphatic heterocycles. The Morgan fingerprint density at radius 2 is 1.73 bits per heavy atom. The predicted octanol–water partition coefficient (Wildman–Crippen LogP) is 3.81. The first-order chi connectivity index (χ1) is 14.7. The van der Waals surface area contributed by atoms with Gasteiger partial charge in [-0.3, -0.25) is 0 Å². The van der Waals surface area contributed by atoms with Crippen molar-refractivity contribution in [1.29, 1.82) is 0 Å². The van der Waals surface area contributed by atoms with Gasteiger partial charge in [0, 0.05) is 27.9 Å². The summed E-state index contributed by atoms with van der Waals surface area (Å²) in [5.74, 6) is 1.43. The second-order valence-electron chi connectivity index (χ2n) is 6.76. The Morgan fingerprint density at radius 3 is 2.50 bits per heavy atom. The van der Waals surface area contributed by atoms with E-state index in [0.29, 0.717) is 31.1 Å². The minimum atomic E-state index is 0.378. The number of halogens is 1. The Hall–Kier alpha value is -2.79. The monoisotopic (exact) mass is 515 g/mol. The first kappa shape index (κ1) is 20.5. The lowest BCUT2D eigenvalue weighted by molar-refractivity contribution is 0.122. The third-order valence-electron chi connectivity index (χ3n) is 4.50. The van der Waals surface area contributed by atoms with Crippen molar-refractivity contribution in [3.8, 4) is 0 Å². The van der Waals surface area contributed by atoms with E-state index >= 15 is 0 Å². The lowest BCUT2D eigenvalue weighted by atomic mass is 10.2. The highest BCUT2D eigenvalue weighted by atomic mass is 127. The maximum absolute atomic E-state index is 5.45. The zero-order valence-electron chi connectivity index (χ0n) is 16.5. The molecule has 1 saturated heterocycles. The average molecular weight is 515 g/mol. The van der Waals surface area contributed by atoms with E-state index in [4.69, 9.17) is 4.74 Å². The predicted molar refractivity (Wildman–Crippen MR) is 128 cm³/mol. The van der Waals surface area contributed by atoms with Gasteiger partial charge < -0.3 is 15.0 Å². The number of ether oxygens (including phenoxy) is 1. The van der Waals surface area contributed by atoms with Crippen molar-refractivity contribution >= 4 is 52.3 Å². The lowest BCUT2D eigenvalue weighted by Crippen LogP contribution is -2.37. The minimum Gasteiger partial charge on any atom is -0.378 e. The molecule has 0 unspecified atom stereocenters. The Labute approximate surface area is 188 Å². The molecule has 0 amide bonds. The van der Waals surface area contributed by atoms with E-state index in [1.807, 2.05) is 48.5 Å². The molecule has 0 radical (unpaired) electrons. The smallest absolute Gasteiger partial charge is 0.250 e. The molecule has 1 aromatic heterocycles. The van der Waals surface area contributed by atoms with Crippen LogP contribution in [0.2, 0.25) is 0 Å². The molecule has 2 N–H and O–H groups in total. The standard InChI is InChI=1S/C21H22IN7O/c1-15-6-8-17(9-7-15)24-19-25-20(27-21(26-19)29-10-12-30-13-11-29)28-23-14-16-4-2-3-5-18(16)22/h2-9,14H,10-13H2,1H3,(H2,24,25,26,27,28). The van der Waals surface area contributed by atoms with E-state index in [1.54, 1.807) is 6.21 Å². The molecule has 30 heavy (non-hydrogen) atoms. The number of hydrogen-bond donors (Lipinski definition) is 2. The number of nitrogens with one attached hydrogen (secondary N) is 2. The van der Waals surface area contributed by atoms with Crippen LogP contribution < -0.4 is 15.6 Å². The Kier molecular flexibility index (Phi) is 6.70. The molecular formula is C21H22IN7O. The van der Waals surface area contributed by atoms with Crippen molar-refractivity contribution in [2.24, 2.45) is 5.10 Å². The number of anilines is 4. The zero-order chi connectivity index (χ0) is 20.8. The highest BCUT2D eigenvalue weighted by Crippen LogP contribution is 2.19. The summed E-state index contributed by atoms with van der Waals surface area (Å²) in [6, 6.07) is 16.1. The summed E-state index contributed by atoms with van der Waals surface area (Å²) >= 11 is 2.28. The van der Waals surface area contributed by atoms with Crippen molar-refractivity contribution in [3.63, 3.8) is 0 Å². The topological polar surface area (TPSA) is 87.6 Å². The molecule has 9 heteroatoms. The maximum atomic E-state index is 5.45. The van der Waals surface area contributed by atoms with E-state index in [2.05, 4.69) is 65.2 Å². The van der Waals surface area contributed by atoms with Crippen LogP contribution in [0, 0.1) is 10.5 Å². The summed E-state index contributed by atoms with van der Waals surface area (Å²) in [7, 11) is 0. The van der Waals surface area contributed by atoms with Gasteiger partial charge in [0.15, 0.2) is 0 Å². The average Bonchev–Trinajstić information content (AvgIpc) is 2.77. The Morgan fingerprint density at radius 1 is 1.00 bits per heavy atom. The maximum Gasteiger partial charge on any atom is 0.250 e. The molecule has 0 atom stereocenters. The van der Waals surface area contributed by atoms with Crippen LogP contribution in [0.15, 0.2) is 53.6 Å².